The van der Waals surface area contributed by atoms with Crippen LogP contribution in [0.25, 0.3) is 0 Å². The molecule has 0 aliphatic heterocycles. The Hall–Kier alpha value is -2.05. The normalized spacial score (nSPS) is 18.8. The van der Waals surface area contributed by atoms with Crippen LogP contribution in [0.1, 0.15) is 37.8 Å². The van der Waals surface area contributed by atoms with E-state index >= 15 is 0 Å². The zero-order valence-electron chi connectivity index (χ0n) is 11.7. The number of amidine groups is 1. The van der Waals surface area contributed by atoms with Crippen molar-refractivity contribution in [2.45, 2.75) is 38.6 Å². The number of aromatic nitrogens is 2. The summed E-state index contributed by atoms with van der Waals surface area (Å²) in [5.74, 6) is -0.159. The minimum atomic E-state index is -0.869. The number of rotatable bonds is 4. The number of nitrogens with zero attached hydrogens (tertiary/aromatic N) is 3. The molecule has 0 aromatic carbocycles. The zero-order chi connectivity index (χ0) is 14.6. The molecule has 0 bridgehead atoms. The lowest BCUT2D eigenvalue weighted by atomic mass is 9.72. The van der Waals surface area contributed by atoms with Crippen LogP contribution in [0.2, 0.25) is 0 Å². The number of carbonyl (C=O) groups excluding carboxylic acids is 1. The van der Waals surface area contributed by atoms with Gasteiger partial charge in [-0.3, -0.25) is 9.48 Å². The van der Waals surface area contributed by atoms with Crippen molar-refractivity contribution in [2.24, 2.45) is 23.4 Å². The molecule has 1 saturated carbocycles. The molecule has 1 aliphatic carbocycles. The van der Waals surface area contributed by atoms with Crippen molar-refractivity contribution >= 4 is 11.7 Å². The third-order valence-corrected chi connectivity index (χ3v) is 4.09. The molecule has 1 aromatic heterocycles. The van der Waals surface area contributed by atoms with E-state index in [4.69, 9.17) is 10.9 Å². The van der Waals surface area contributed by atoms with Gasteiger partial charge in [0.1, 0.15) is 5.41 Å². The number of nitrogens with two attached hydrogens (primary N) is 1. The number of hydrogen-bond donors (Lipinski definition) is 3. The molecule has 1 aromatic rings. The second kappa shape index (κ2) is 5.94. The molecule has 7 nitrogen and oxygen atoms in total. The van der Waals surface area contributed by atoms with Crippen molar-refractivity contribution < 1.29 is 10.0 Å². The van der Waals surface area contributed by atoms with Gasteiger partial charge in [0.05, 0.1) is 12.2 Å². The van der Waals surface area contributed by atoms with E-state index in [-0.39, 0.29) is 11.7 Å². The predicted molar refractivity (Wildman–Crippen MR) is 74.0 cm³/mol. The molecule has 1 aliphatic rings. The maximum Gasteiger partial charge on any atom is 0.234 e. The maximum absolute atomic E-state index is 12.5. The van der Waals surface area contributed by atoms with Crippen molar-refractivity contribution in [1.29, 1.82) is 0 Å². The van der Waals surface area contributed by atoms with Crippen molar-refractivity contribution in [1.82, 2.24) is 15.1 Å². The number of amides is 1. The highest BCUT2D eigenvalue weighted by Crippen LogP contribution is 2.36. The first-order chi connectivity index (χ1) is 9.60. The van der Waals surface area contributed by atoms with Crippen LogP contribution in [0.15, 0.2) is 17.4 Å². The van der Waals surface area contributed by atoms with Crippen molar-refractivity contribution in [3.8, 4) is 0 Å². The van der Waals surface area contributed by atoms with E-state index in [1.165, 1.54) is 0 Å². The van der Waals surface area contributed by atoms with Gasteiger partial charge < -0.3 is 16.3 Å². The van der Waals surface area contributed by atoms with Crippen LogP contribution in [0.4, 0.5) is 0 Å². The Bertz CT molecular complexity index is 503. The van der Waals surface area contributed by atoms with E-state index < -0.39 is 5.41 Å². The molecule has 1 heterocycles. The Morgan fingerprint density at radius 1 is 1.55 bits per heavy atom. The average molecular weight is 279 g/mol. The summed E-state index contributed by atoms with van der Waals surface area (Å²) in [6, 6.07) is 1.84. The largest absolute Gasteiger partial charge is 0.409 e. The SMILES string of the molecule is Cn1nccc1CNC(=O)C1(C(N)=NO)CCCCC1. The summed E-state index contributed by atoms with van der Waals surface area (Å²) < 4.78 is 1.71. The summed E-state index contributed by atoms with van der Waals surface area (Å²) in [6.45, 7) is 0.385. The van der Waals surface area contributed by atoms with Gasteiger partial charge in [0.25, 0.3) is 0 Å². The topological polar surface area (TPSA) is 106 Å². The van der Waals surface area contributed by atoms with Gasteiger partial charge in [0.15, 0.2) is 5.84 Å². The summed E-state index contributed by atoms with van der Waals surface area (Å²) in [6.07, 6.45) is 5.84. The molecule has 0 unspecified atom stereocenters. The van der Waals surface area contributed by atoms with E-state index in [9.17, 15) is 4.79 Å². The minimum Gasteiger partial charge on any atom is -0.409 e. The van der Waals surface area contributed by atoms with Gasteiger partial charge >= 0.3 is 0 Å². The number of oxime groups is 1. The summed E-state index contributed by atoms with van der Waals surface area (Å²) in [5, 5.41) is 19.0. The summed E-state index contributed by atoms with van der Waals surface area (Å²) in [5.41, 5.74) is 5.82. The number of hydrogen-bond acceptors (Lipinski definition) is 4. The molecule has 1 amide bonds. The van der Waals surface area contributed by atoms with Crippen molar-refractivity contribution in [3.05, 3.63) is 18.0 Å². The van der Waals surface area contributed by atoms with E-state index in [1.54, 1.807) is 10.9 Å². The highest BCUT2D eigenvalue weighted by atomic mass is 16.4. The van der Waals surface area contributed by atoms with E-state index in [0.717, 1.165) is 25.0 Å². The Balaban J connectivity index is 2.09. The number of nitrogens with one attached hydrogen (secondary N) is 1. The zero-order valence-corrected chi connectivity index (χ0v) is 11.7. The molecule has 4 N–H and O–H groups in total. The smallest absolute Gasteiger partial charge is 0.234 e. The van der Waals surface area contributed by atoms with Crippen LogP contribution in [0, 0.1) is 5.41 Å². The van der Waals surface area contributed by atoms with E-state index in [2.05, 4.69) is 15.6 Å². The van der Waals surface area contributed by atoms with Gasteiger partial charge in [-0.25, -0.2) is 0 Å². The Morgan fingerprint density at radius 3 is 2.80 bits per heavy atom. The molecule has 20 heavy (non-hydrogen) atoms. The van der Waals surface area contributed by atoms with Crippen LogP contribution >= 0.6 is 0 Å². The van der Waals surface area contributed by atoms with Crippen LogP contribution < -0.4 is 11.1 Å². The second-order valence-corrected chi connectivity index (χ2v) is 5.26. The van der Waals surface area contributed by atoms with E-state index in [1.807, 2.05) is 13.1 Å². The molecule has 0 atom stereocenters. The lowest BCUT2D eigenvalue weighted by Gasteiger charge is -2.34. The highest BCUT2D eigenvalue weighted by Gasteiger charge is 2.43. The monoisotopic (exact) mass is 279 g/mol. The first-order valence-electron chi connectivity index (χ1n) is 6.83. The second-order valence-electron chi connectivity index (χ2n) is 5.26. The highest BCUT2D eigenvalue weighted by molar-refractivity contribution is 6.06. The molecule has 7 heteroatoms. The summed E-state index contributed by atoms with van der Waals surface area (Å²) in [4.78, 5) is 12.5. The van der Waals surface area contributed by atoms with Gasteiger partial charge in [-0.15, -0.1) is 0 Å². The fourth-order valence-electron chi connectivity index (χ4n) is 2.77. The van der Waals surface area contributed by atoms with Crippen LogP contribution in [-0.4, -0.2) is 26.7 Å². The summed E-state index contributed by atoms with van der Waals surface area (Å²) >= 11 is 0. The third kappa shape index (κ3) is 2.61. The van der Waals surface area contributed by atoms with Gasteiger partial charge in [0, 0.05) is 13.2 Å². The van der Waals surface area contributed by atoms with Gasteiger partial charge in [0.2, 0.25) is 5.91 Å². The van der Waals surface area contributed by atoms with Crippen LogP contribution in [0.3, 0.4) is 0 Å². The molecular formula is C13H21N5O2. The van der Waals surface area contributed by atoms with Crippen molar-refractivity contribution in [2.75, 3.05) is 0 Å². The molecule has 0 saturated heterocycles. The molecule has 110 valence electrons. The summed E-state index contributed by atoms with van der Waals surface area (Å²) in [7, 11) is 1.82. The Morgan fingerprint density at radius 2 is 2.25 bits per heavy atom. The van der Waals surface area contributed by atoms with Crippen LogP contribution in [0.5, 0.6) is 0 Å². The fraction of sp³-hybridized carbons (Fsp3) is 0.615. The van der Waals surface area contributed by atoms with Gasteiger partial charge in [-0.1, -0.05) is 24.4 Å². The van der Waals surface area contributed by atoms with E-state index in [0.29, 0.717) is 19.4 Å². The quantitative estimate of drug-likeness (QED) is 0.327. The third-order valence-electron chi connectivity index (χ3n) is 4.09. The average Bonchev–Trinajstić information content (AvgIpc) is 2.89. The first kappa shape index (κ1) is 14.4. The lowest BCUT2D eigenvalue weighted by Crippen LogP contribution is -2.50. The lowest BCUT2D eigenvalue weighted by molar-refractivity contribution is -0.129. The Labute approximate surface area is 117 Å². The number of aryl methyl sites for hydroxylation is 1. The minimum absolute atomic E-state index is 0.0136. The van der Waals surface area contributed by atoms with Gasteiger partial charge in [-0.2, -0.15) is 5.10 Å². The maximum atomic E-state index is 12.5. The molecule has 0 spiro atoms. The predicted octanol–water partition coefficient (Wildman–Crippen LogP) is 0.733. The molecule has 0 radical (unpaired) electrons. The Kier molecular flexibility index (Phi) is 4.26. The molecule has 2 rings (SSSR count). The number of carbonyl (C=O) groups is 1. The fourth-order valence-corrected chi connectivity index (χ4v) is 2.77. The molecule has 1 fully saturated rings. The standard InChI is InChI=1S/C13H21N5O2/c1-18-10(5-8-16-18)9-15-12(19)13(11(14)17-20)6-3-2-4-7-13/h5,8,20H,2-4,6-7,9H2,1H3,(H2,14,17)(H,15,19). The first-order valence-corrected chi connectivity index (χ1v) is 6.83. The van der Waals surface area contributed by atoms with Crippen LogP contribution in [-0.2, 0) is 18.4 Å². The molecular weight excluding hydrogens is 258 g/mol. The van der Waals surface area contributed by atoms with Gasteiger partial charge in [-0.05, 0) is 18.9 Å². The van der Waals surface area contributed by atoms with Crippen molar-refractivity contribution in [3.63, 3.8) is 0 Å².